The quantitative estimate of drug-likeness (QED) is 0.431. The smallest absolute Gasteiger partial charge is 0.248 e. The molecule has 3 atom stereocenters. The molecule has 9 heteroatoms. The molecule has 33 heavy (non-hydrogen) atoms. The lowest BCUT2D eigenvalue weighted by atomic mass is 9.97. The first-order valence-corrected chi connectivity index (χ1v) is 11.8. The van der Waals surface area contributed by atoms with E-state index in [1.807, 2.05) is 24.9 Å². The highest BCUT2D eigenvalue weighted by Crippen LogP contribution is 2.24. The molecular weight excluding hydrogens is 416 g/mol. The Morgan fingerprint density at radius 1 is 1.24 bits per heavy atom. The number of primary amides is 1. The number of hydrogen-bond acceptors (Lipinski definition) is 8. The van der Waals surface area contributed by atoms with Gasteiger partial charge in [0.05, 0.1) is 0 Å². The molecule has 0 saturated carbocycles. The van der Waals surface area contributed by atoms with Gasteiger partial charge in [-0.25, -0.2) is 0 Å². The van der Waals surface area contributed by atoms with Gasteiger partial charge in [-0.05, 0) is 42.9 Å². The molecule has 2 aromatic rings. The van der Waals surface area contributed by atoms with Crippen LogP contribution in [0.5, 0.6) is 0 Å². The Bertz CT molecular complexity index is 963. The summed E-state index contributed by atoms with van der Waals surface area (Å²) < 4.78 is 0. The lowest BCUT2D eigenvalue weighted by molar-refractivity contribution is 0.100. The average Bonchev–Trinajstić information content (AvgIpc) is 3.22. The van der Waals surface area contributed by atoms with E-state index in [9.17, 15) is 4.79 Å². The topological polar surface area (TPSA) is 121 Å². The zero-order valence-corrected chi connectivity index (χ0v) is 20.6. The van der Waals surface area contributed by atoms with Crippen LogP contribution in [0.15, 0.2) is 18.2 Å². The summed E-state index contributed by atoms with van der Waals surface area (Å²) in [4.78, 5) is 27.7. The lowest BCUT2D eigenvalue weighted by Crippen LogP contribution is -2.28. The van der Waals surface area contributed by atoms with Crippen molar-refractivity contribution in [3.8, 4) is 0 Å². The zero-order valence-electron chi connectivity index (χ0n) is 20.6. The summed E-state index contributed by atoms with van der Waals surface area (Å²) in [5, 5.41) is 10.4. The van der Waals surface area contributed by atoms with Gasteiger partial charge in [-0.1, -0.05) is 40.2 Å². The number of anilines is 4. The second kappa shape index (κ2) is 10.8. The van der Waals surface area contributed by atoms with Crippen molar-refractivity contribution in [2.75, 3.05) is 35.7 Å². The van der Waals surface area contributed by atoms with Gasteiger partial charge in [-0.2, -0.15) is 15.0 Å². The van der Waals surface area contributed by atoms with Crippen LogP contribution >= 0.6 is 0 Å². The van der Waals surface area contributed by atoms with Crippen molar-refractivity contribution in [1.82, 2.24) is 20.3 Å². The first kappa shape index (κ1) is 24.7. The first-order chi connectivity index (χ1) is 15.7. The van der Waals surface area contributed by atoms with Crippen molar-refractivity contribution >= 4 is 29.4 Å². The van der Waals surface area contributed by atoms with Gasteiger partial charge in [-0.3, -0.25) is 4.79 Å². The van der Waals surface area contributed by atoms with E-state index >= 15 is 0 Å². The predicted molar refractivity (Wildman–Crippen MR) is 134 cm³/mol. The molecule has 1 saturated heterocycles. The van der Waals surface area contributed by atoms with Crippen molar-refractivity contribution in [3.63, 3.8) is 0 Å². The molecule has 1 aromatic heterocycles. The Morgan fingerprint density at radius 2 is 1.97 bits per heavy atom. The SMILES string of the molecule is CCC(C)C1C[C@@H](Nc2nc(Nc3cc(C(N)=O)ccc3C)nc(N(C)CC(C)C)n2)CN1. The van der Waals surface area contributed by atoms with Crippen LogP contribution in [-0.4, -0.2) is 53.1 Å². The van der Waals surface area contributed by atoms with Gasteiger partial charge in [0.15, 0.2) is 0 Å². The van der Waals surface area contributed by atoms with Gasteiger partial charge in [0.1, 0.15) is 0 Å². The summed E-state index contributed by atoms with van der Waals surface area (Å²) >= 11 is 0. The highest BCUT2D eigenvalue weighted by Gasteiger charge is 2.28. The fourth-order valence-electron chi connectivity index (χ4n) is 4.09. The molecule has 1 aliphatic rings. The Morgan fingerprint density at radius 3 is 2.64 bits per heavy atom. The van der Waals surface area contributed by atoms with E-state index in [-0.39, 0.29) is 6.04 Å². The molecule has 2 unspecified atom stereocenters. The molecule has 180 valence electrons. The fraction of sp³-hybridized carbons (Fsp3) is 0.583. The van der Waals surface area contributed by atoms with Gasteiger partial charge >= 0.3 is 0 Å². The largest absolute Gasteiger partial charge is 0.366 e. The molecule has 1 fully saturated rings. The van der Waals surface area contributed by atoms with Crippen LogP contribution in [0.3, 0.4) is 0 Å². The zero-order chi connectivity index (χ0) is 24.1. The Kier molecular flexibility index (Phi) is 8.07. The Hall–Kier alpha value is -2.94. The van der Waals surface area contributed by atoms with Crippen LogP contribution in [0.4, 0.5) is 23.5 Å². The molecule has 5 N–H and O–H groups in total. The van der Waals surface area contributed by atoms with Crippen LogP contribution in [0, 0.1) is 18.8 Å². The minimum atomic E-state index is -0.474. The maximum absolute atomic E-state index is 11.6. The number of rotatable bonds is 10. The molecule has 0 aliphatic carbocycles. The van der Waals surface area contributed by atoms with E-state index in [0.29, 0.717) is 41.3 Å². The van der Waals surface area contributed by atoms with Crippen molar-refractivity contribution in [2.45, 2.75) is 59.5 Å². The molecule has 1 amide bonds. The summed E-state index contributed by atoms with van der Waals surface area (Å²) in [6.45, 7) is 12.5. The normalized spacial score (nSPS) is 18.9. The highest BCUT2D eigenvalue weighted by atomic mass is 16.1. The number of hydrogen-bond donors (Lipinski definition) is 4. The first-order valence-electron chi connectivity index (χ1n) is 11.8. The number of amides is 1. The summed E-state index contributed by atoms with van der Waals surface area (Å²) in [6, 6.07) is 6.04. The number of aryl methyl sites for hydroxylation is 1. The molecule has 1 aromatic carbocycles. The molecule has 2 heterocycles. The van der Waals surface area contributed by atoms with E-state index in [0.717, 1.165) is 37.2 Å². The number of benzene rings is 1. The molecular formula is C24H38N8O. The molecule has 0 radical (unpaired) electrons. The maximum Gasteiger partial charge on any atom is 0.248 e. The number of nitrogens with one attached hydrogen (secondary N) is 3. The van der Waals surface area contributed by atoms with Crippen LogP contribution < -0.4 is 26.6 Å². The van der Waals surface area contributed by atoms with Gasteiger partial charge < -0.3 is 26.6 Å². The maximum atomic E-state index is 11.6. The Labute approximate surface area is 197 Å². The minimum absolute atomic E-state index is 0.252. The van der Waals surface area contributed by atoms with Crippen LogP contribution in [0.2, 0.25) is 0 Å². The predicted octanol–water partition coefficient (Wildman–Crippen LogP) is 3.30. The number of carbonyl (C=O) groups is 1. The Balaban J connectivity index is 1.87. The number of nitrogens with zero attached hydrogens (tertiary/aromatic N) is 4. The third-order valence-electron chi connectivity index (χ3n) is 6.20. The van der Waals surface area contributed by atoms with Crippen molar-refractivity contribution in [2.24, 2.45) is 17.6 Å². The third-order valence-corrected chi connectivity index (χ3v) is 6.20. The van der Waals surface area contributed by atoms with Crippen LogP contribution in [0.1, 0.15) is 56.5 Å². The standard InChI is InChI=1S/C24H38N8O/c1-7-15(4)19-11-18(12-26-19)27-22-29-23(31-24(30-22)32(6)13-14(2)3)28-20-10-17(21(25)33)9-8-16(20)5/h8-10,14-15,18-19,26H,7,11-13H2,1-6H3,(H2,25,33)(H2,27,28,29,30,31)/t15?,18-,19?/m1/s1. The van der Waals surface area contributed by atoms with Gasteiger partial charge in [0.25, 0.3) is 0 Å². The summed E-state index contributed by atoms with van der Waals surface area (Å²) in [7, 11) is 1.98. The molecule has 0 bridgehead atoms. The van der Waals surface area contributed by atoms with E-state index < -0.39 is 5.91 Å². The summed E-state index contributed by atoms with van der Waals surface area (Å²) in [5.74, 6) is 2.17. The second-order valence-corrected chi connectivity index (χ2v) is 9.55. The number of aromatic nitrogens is 3. The van der Waals surface area contributed by atoms with E-state index in [2.05, 4.69) is 53.6 Å². The average molecular weight is 455 g/mol. The van der Waals surface area contributed by atoms with Crippen molar-refractivity contribution < 1.29 is 4.79 Å². The molecule has 0 spiro atoms. The number of carbonyl (C=O) groups excluding carboxylic acids is 1. The van der Waals surface area contributed by atoms with Gasteiger partial charge in [0, 0.05) is 43.5 Å². The minimum Gasteiger partial charge on any atom is -0.366 e. The van der Waals surface area contributed by atoms with Gasteiger partial charge in [0.2, 0.25) is 23.8 Å². The third kappa shape index (κ3) is 6.54. The fourth-order valence-corrected chi connectivity index (χ4v) is 4.09. The molecule has 3 rings (SSSR count). The van der Waals surface area contributed by atoms with E-state index in [1.165, 1.54) is 0 Å². The summed E-state index contributed by atoms with van der Waals surface area (Å²) in [6.07, 6.45) is 2.18. The number of nitrogens with two attached hydrogens (primary N) is 1. The second-order valence-electron chi connectivity index (χ2n) is 9.55. The van der Waals surface area contributed by atoms with Crippen LogP contribution in [-0.2, 0) is 0 Å². The summed E-state index contributed by atoms with van der Waals surface area (Å²) in [5.41, 5.74) is 7.59. The van der Waals surface area contributed by atoms with Gasteiger partial charge in [-0.15, -0.1) is 0 Å². The monoisotopic (exact) mass is 454 g/mol. The molecule has 1 aliphatic heterocycles. The van der Waals surface area contributed by atoms with E-state index in [4.69, 9.17) is 10.7 Å². The van der Waals surface area contributed by atoms with Crippen molar-refractivity contribution in [1.29, 1.82) is 0 Å². The lowest BCUT2D eigenvalue weighted by Gasteiger charge is -2.21. The highest BCUT2D eigenvalue weighted by molar-refractivity contribution is 5.94. The molecule has 9 nitrogen and oxygen atoms in total. The van der Waals surface area contributed by atoms with Crippen LogP contribution in [0.25, 0.3) is 0 Å². The van der Waals surface area contributed by atoms with Crippen molar-refractivity contribution in [3.05, 3.63) is 29.3 Å². The van der Waals surface area contributed by atoms with E-state index in [1.54, 1.807) is 12.1 Å².